The summed E-state index contributed by atoms with van der Waals surface area (Å²) in [6.45, 7) is -0.828. The molecule has 164 valence electrons. The van der Waals surface area contributed by atoms with E-state index in [1.807, 2.05) is 37.4 Å². The maximum Gasteiger partial charge on any atom is 0.387 e. The molecular weight excluding hydrogens is 416 g/mol. The predicted molar refractivity (Wildman–Crippen MR) is 109 cm³/mol. The molecule has 2 aromatic carbocycles. The molecule has 0 spiro atoms. The summed E-state index contributed by atoms with van der Waals surface area (Å²) in [7, 11) is -1.41. The molecule has 0 saturated heterocycles. The van der Waals surface area contributed by atoms with Crippen molar-refractivity contribution in [3.05, 3.63) is 59.2 Å². The van der Waals surface area contributed by atoms with Crippen LogP contribution in [0.25, 0.3) is 0 Å². The summed E-state index contributed by atoms with van der Waals surface area (Å²) in [4.78, 5) is 2.19. The van der Waals surface area contributed by atoms with Gasteiger partial charge in [0.05, 0.1) is 19.5 Å². The first kappa shape index (κ1) is 22.5. The van der Waals surface area contributed by atoms with Gasteiger partial charge in [0, 0.05) is 25.4 Å². The Bertz CT molecular complexity index is 950. The number of halogens is 2. The average molecular weight is 441 g/mol. The number of benzene rings is 2. The molecule has 30 heavy (non-hydrogen) atoms. The molecule has 2 aromatic rings. The molecule has 1 heterocycles. The second-order valence-corrected chi connectivity index (χ2v) is 8.93. The number of hydrogen-bond donors (Lipinski definition) is 0. The van der Waals surface area contributed by atoms with Crippen LogP contribution in [-0.2, 0) is 20.8 Å². The van der Waals surface area contributed by atoms with Crippen molar-refractivity contribution >= 4 is 10.1 Å². The van der Waals surface area contributed by atoms with Gasteiger partial charge in [0.25, 0.3) is 10.1 Å². The molecule has 1 unspecified atom stereocenters. The molecule has 1 aliphatic rings. The third kappa shape index (κ3) is 6.38. The third-order valence-electron chi connectivity index (χ3n) is 4.79. The van der Waals surface area contributed by atoms with Crippen LogP contribution in [0.3, 0.4) is 0 Å². The Balaban J connectivity index is 1.68. The fraction of sp³-hybridized carbons (Fsp3) is 0.429. The molecule has 0 aromatic heterocycles. The van der Waals surface area contributed by atoms with Crippen LogP contribution in [0.4, 0.5) is 8.78 Å². The number of rotatable bonds is 9. The molecular formula is C21H25F2NO5S. The smallest absolute Gasteiger partial charge is 0.387 e. The highest BCUT2D eigenvalue weighted by Gasteiger charge is 2.25. The number of hydrogen-bond acceptors (Lipinski definition) is 6. The zero-order valence-electron chi connectivity index (χ0n) is 16.9. The van der Waals surface area contributed by atoms with Crippen LogP contribution >= 0.6 is 0 Å². The van der Waals surface area contributed by atoms with Crippen LogP contribution in [0.5, 0.6) is 11.5 Å². The highest BCUT2D eigenvalue weighted by atomic mass is 32.2. The Morgan fingerprint density at radius 1 is 1.10 bits per heavy atom. The number of alkyl halides is 2. The van der Waals surface area contributed by atoms with E-state index in [-0.39, 0.29) is 18.3 Å². The third-order valence-corrected chi connectivity index (χ3v) is 5.38. The first-order chi connectivity index (χ1) is 14.2. The van der Waals surface area contributed by atoms with Crippen LogP contribution in [0.2, 0.25) is 0 Å². The molecule has 0 bridgehead atoms. The van der Waals surface area contributed by atoms with E-state index in [0.717, 1.165) is 30.5 Å². The minimum atomic E-state index is -3.43. The van der Waals surface area contributed by atoms with Crippen LogP contribution < -0.4 is 9.47 Å². The van der Waals surface area contributed by atoms with Crippen LogP contribution in [0.1, 0.15) is 29.0 Å². The number of fused-ring (bicyclic) bond motifs is 1. The Hall–Kier alpha value is -2.23. The zero-order chi connectivity index (χ0) is 21.7. The van der Waals surface area contributed by atoms with Gasteiger partial charge >= 0.3 is 6.61 Å². The van der Waals surface area contributed by atoms with Gasteiger partial charge in [-0.2, -0.15) is 17.2 Å². The van der Waals surface area contributed by atoms with Crippen molar-refractivity contribution in [3.8, 4) is 11.5 Å². The molecule has 6 nitrogen and oxygen atoms in total. The highest BCUT2D eigenvalue weighted by Crippen LogP contribution is 2.35. The Labute approximate surface area is 175 Å². The van der Waals surface area contributed by atoms with E-state index in [1.54, 1.807) is 12.1 Å². The van der Waals surface area contributed by atoms with Gasteiger partial charge in [0.15, 0.2) is 0 Å². The maximum atomic E-state index is 12.4. The summed E-state index contributed by atoms with van der Waals surface area (Å²) < 4.78 is 61.5. The summed E-state index contributed by atoms with van der Waals surface area (Å²) in [5.74, 6) is 0.959. The van der Waals surface area contributed by atoms with E-state index in [4.69, 9.17) is 8.92 Å². The second-order valence-electron chi connectivity index (χ2n) is 7.29. The molecule has 1 atom stereocenters. The first-order valence-electron chi connectivity index (χ1n) is 9.54. The molecule has 0 N–H and O–H groups in total. The maximum absolute atomic E-state index is 12.4. The molecule has 0 radical (unpaired) electrons. The van der Waals surface area contributed by atoms with Crippen molar-refractivity contribution in [1.29, 1.82) is 0 Å². The normalized spacial score (nSPS) is 17.0. The Morgan fingerprint density at radius 3 is 2.47 bits per heavy atom. The SMILES string of the molecule is CN1Cc2cc(OCCCOS(C)(=O)=O)ccc2C(c2ccc(OC(F)F)cc2)C1. The van der Waals surface area contributed by atoms with Gasteiger partial charge in [-0.1, -0.05) is 18.2 Å². The molecule has 1 aliphatic heterocycles. The number of nitrogens with zero attached hydrogens (tertiary/aromatic N) is 1. The van der Waals surface area contributed by atoms with E-state index >= 15 is 0 Å². The highest BCUT2D eigenvalue weighted by molar-refractivity contribution is 7.85. The fourth-order valence-corrected chi connectivity index (χ4v) is 3.96. The molecule has 9 heteroatoms. The molecule has 3 rings (SSSR count). The van der Waals surface area contributed by atoms with E-state index < -0.39 is 16.7 Å². The van der Waals surface area contributed by atoms with Crippen molar-refractivity contribution in [2.45, 2.75) is 25.5 Å². The Morgan fingerprint density at radius 2 is 1.80 bits per heavy atom. The lowest BCUT2D eigenvalue weighted by Gasteiger charge is -2.33. The van der Waals surface area contributed by atoms with Crippen molar-refractivity contribution in [2.24, 2.45) is 0 Å². The minimum Gasteiger partial charge on any atom is -0.493 e. The number of likely N-dealkylation sites (N-methyl/N-ethyl adjacent to an activating group) is 1. The topological polar surface area (TPSA) is 65.1 Å². The second kappa shape index (κ2) is 9.72. The fourth-order valence-electron chi connectivity index (χ4n) is 3.54. The molecule has 0 fully saturated rings. The summed E-state index contributed by atoms with van der Waals surface area (Å²) in [6.07, 6.45) is 1.48. The number of ether oxygens (including phenoxy) is 2. The van der Waals surface area contributed by atoms with Gasteiger partial charge in [0.1, 0.15) is 11.5 Å². The summed E-state index contributed by atoms with van der Waals surface area (Å²) >= 11 is 0. The first-order valence-corrected chi connectivity index (χ1v) is 11.4. The van der Waals surface area contributed by atoms with Gasteiger partial charge in [-0.05, 0) is 48.0 Å². The summed E-state index contributed by atoms with van der Waals surface area (Å²) in [5, 5.41) is 0. The summed E-state index contributed by atoms with van der Waals surface area (Å²) in [5.41, 5.74) is 3.32. The van der Waals surface area contributed by atoms with Crippen LogP contribution in [-0.4, -0.2) is 53.0 Å². The van der Waals surface area contributed by atoms with Crippen molar-refractivity contribution in [3.63, 3.8) is 0 Å². The van der Waals surface area contributed by atoms with Crippen LogP contribution in [0.15, 0.2) is 42.5 Å². The van der Waals surface area contributed by atoms with E-state index in [2.05, 4.69) is 9.64 Å². The van der Waals surface area contributed by atoms with Crippen molar-refractivity contribution in [1.82, 2.24) is 4.90 Å². The van der Waals surface area contributed by atoms with Gasteiger partial charge in [-0.15, -0.1) is 0 Å². The standard InChI is InChI=1S/C21H25F2NO5S/c1-24-13-16-12-18(27-10-3-11-28-30(2,25)26)8-9-19(16)20(14-24)15-4-6-17(7-5-15)29-21(22)23/h4-9,12,20-21H,3,10-11,13-14H2,1-2H3. The molecule has 0 amide bonds. The minimum absolute atomic E-state index is 0.0832. The van der Waals surface area contributed by atoms with E-state index in [9.17, 15) is 17.2 Å². The average Bonchev–Trinajstić information content (AvgIpc) is 2.66. The van der Waals surface area contributed by atoms with Crippen molar-refractivity contribution in [2.75, 3.05) is 33.1 Å². The van der Waals surface area contributed by atoms with Crippen LogP contribution in [0, 0.1) is 0 Å². The molecule has 0 saturated carbocycles. The Kier molecular flexibility index (Phi) is 7.27. The van der Waals surface area contributed by atoms with E-state index in [1.165, 1.54) is 5.56 Å². The predicted octanol–water partition coefficient (Wildman–Crippen LogP) is 3.61. The van der Waals surface area contributed by atoms with Gasteiger partial charge in [-0.3, -0.25) is 4.18 Å². The quantitative estimate of drug-likeness (QED) is 0.438. The monoisotopic (exact) mass is 441 g/mol. The lowest BCUT2D eigenvalue weighted by Crippen LogP contribution is -2.31. The van der Waals surface area contributed by atoms with Gasteiger partial charge in [-0.25, -0.2) is 0 Å². The van der Waals surface area contributed by atoms with Gasteiger partial charge in [0.2, 0.25) is 0 Å². The lowest BCUT2D eigenvalue weighted by molar-refractivity contribution is -0.0498. The largest absolute Gasteiger partial charge is 0.493 e. The van der Waals surface area contributed by atoms with Crippen molar-refractivity contribution < 1.29 is 30.9 Å². The zero-order valence-corrected chi connectivity index (χ0v) is 17.7. The summed E-state index contributed by atoms with van der Waals surface area (Å²) in [6, 6.07) is 12.7. The van der Waals surface area contributed by atoms with Gasteiger partial charge < -0.3 is 14.4 Å². The lowest BCUT2D eigenvalue weighted by atomic mass is 9.84. The van der Waals surface area contributed by atoms with E-state index in [0.29, 0.717) is 18.8 Å². The molecule has 0 aliphatic carbocycles.